The smallest absolute Gasteiger partial charge is 0.271 e. The molecule has 2 aromatic rings. The van der Waals surface area contributed by atoms with E-state index in [0.29, 0.717) is 5.69 Å². The SMILES string of the molecule is Cc1cc(C)cc(NC(=O)[C@@H](C)N(c2cccc([N+](=O)[O-])c2)S(C)(=O)=O)c1. The van der Waals surface area contributed by atoms with E-state index in [1.807, 2.05) is 19.9 Å². The summed E-state index contributed by atoms with van der Waals surface area (Å²) in [5.41, 5.74) is 2.25. The number of carbonyl (C=O) groups is 1. The van der Waals surface area contributed by atoms with Crippen LogP contribution in [0.3, 0.4) is 0 Å². The van der Waals surface area contributed by atoms with Crippen molar-refractivity contribution >= 4 is 33.0 Å². The highest BCUT2D eigenvalue weighted by Gasteiger charge is 2.30. The van der Waals surface area contributed by atoms with Crippen LogP contribution in [0.1, 0.15) is 18.1 Å². The van der Waals surface area contributed by atoms with E-state index in [0.717, 1.165) is 27.8 Å². The number of anilines is 2. The molecule has 0 bridgehead atoms. The van der Waals surface area contributed by atoms with Crippen LogP contribution in [0.25, 0.3) is 0 Å². The summed E-state index contributed by atoms with van der Waals surface area (Å²) in [5.74, 6) is -0.545. The summed E-state index contributed by atoms with van der Waals surface area (Å²) in [7, 11) is -3.86. The summed E-state index contributed by atoms with van der Waals surface area (Å²) in [6.45, 7) is 5.20. The number of hydrogen-bond acceptors (Lipinski definition) is 5. The Balaban J connectivity index is 2.37. The average molecular weight is 391 g/mol. The summed E-state index contributed by atoms with van der Waals surface area (Å²) < 4.78 is 25.5. The molecule has 0 aliphatic heterocycles. The lowest BCUT2D eigenvalue weighted by molar-refractivity contribution is -0.384. The van der Waals surface area contributed by atoms with Gasteiger partial charge in [0.2, 0.25) is 15.9 Å². The molecular formula is C18H21N3O5S. The van der Waals surface area contributed by atoms with Crippen LogP contribution >= 0.6 is 0 Å². The summed E-state index contributed by atoms with van der Waals surface area (Å²) in [4.78, 5) is 23.0. The van der Waals surface area contributed by atoms with E-state index in [-0.39, 0.29) is 11.4 Å². The van der Waals surface area contributed by atoms with Crippen LogP contribution in [0.4, 0.5) is 17.1 Å². The van der Waals surface area contributed by atoms with Gasteiger partial charge in [-0.2, -0.15) is 0 Å². The van der Waals surface area contributed by atoms with Crippen LogP contribution in [0.5, 0.6) is 0 Å². The highest BCUT2D eigenvalue weighted by molar-refractivity contribution is 7.92. The lowest BCUT2D eigenvalue weighted by Crippen LogP contribution is -2.45. The number of rotatable bonds is 6. The molecule has 0 aliphatic rings. The average Bonchev–Trinajstić information content (AvgIpc) is 2.52. The van der Waals surface area contributed by atoms with Gasteiger partial charge in [-0.25, -0.2) is 8.42 Å². The molecule has 2 aromatic carbocycles. The predicted octanol–water partition coefficient (Wildman–Crippen LogP) is 3.00. The first-order valence-corrected chi connectivity index (χ1v) is 9.97. The summed E-state index contributed by atoms with van der Waals surface area (Å²) in [6, 6.07) is 9.56. The van der Waals surface area contributed by atoms with Gasteiger partial charge in [-0.3, -0.25) is 19.2 Å². The zero-order chi connectivity index (χ0) is 20.4. The summed E-state index contributed by atoms with van der Waals surface area (Å²) >= 11 is 0. The Morgan fingerprint density at radius 3 is 2.26 bits per heavy atom. The van der Waals surface area contributed by atoms with Crippen molar-refractivity contribution in [1.29, 1.82) is 0 Å². The number of hydrogen-bond donors (Lipinski definition) is 1. The van der Waals surface area contributed by atoms with E-state index in [9.17, 15) is 23.3 Å². The molecule has 0 spiro atoms. The Morgan fingerprint density at radius 1 is 1.15 bits per heavy atom. The molecule has 2 rings (SSSR count). The molecule has 1 amide bonds. The quantitative estimate of drug-likeness (QED) is 0.601. The number of sulfonamides is 1. The Kier molecular flexibility index (Phi) is 5.85. The van der Waals surface area contributed by atoms with Crippen molar-refractivity contribution in [2.45, 2.75) is 26.8 Å². The number of carbonyl (C=O) groups excluding carboxylic acids is 1. The van der Waals surface area contributed by atoms with Gasteiger partial charge in [0.15, 0.2) is 0 Å². The molecule has 0 aliphatic carbocycles. The van der Waals surface area contributed by atoms with Crippen molar-refractivity contribution in [3.63, 3.8) is 0 Å². The van der Waals surface area contributed by atoms with Crippen LogP contribution in [-0.4, -0.2) is 31.5 Å². The number of non-ortho nitro benzene ring substituents is 1. The maximum absolute atomic E-state index is 12.7. The lowest BCUT2D eigenvalue weighted by atomic mass is 10.1. The van der Waals surface area contributed by atoms with Crippen molar-refractivity contribution in [1.82, 2.24) is 0 Å². The molecular weight excluding hydrogens is 370 g/mol. The first-order chi connectivity index (χ1) is 12.5. The Bertz CT molecular complexity index is 968. The fraction of sp³-hybridized carbons (Fsp3) is 0.278. The van der Waals surface area contributed by atoms with E-state index in [2.05, 4.69) is 5.32 Å². The van der Waals surface area contributed by atoms with E-state index in [1.54, 1.807) is 12.1 Å². The van der Waals surface area contributed by atoms with Gasteiger partial charge in [-0.05, 0) is 50.1 Å². The minimum atomic E-state index is -3.86. The van der Waals surface area contributed by atoms with E-state index in [1.165, 1.54) is 25.1 Å². The molecule has 27 heavy (non-hydrogen) atoms. The molecule has 0 radical (unpaired) electrons. The van der Waals surface area contributed by atoms with Crippen LogP contribution in [-0.2, 0) is 14.8 Å². The monoisotopic (exact) mass is 391 g/mol. The largest absolute Gasteiger partial charge is 0.324 e. The Hall–Kier alpha value is -2.94. The van der Waals surface area contributed by atoms with E-state index >= 15 is 0 Å². The molecule has 0 saturated heterocycles. The zero-order valence-electron chi connectivity index (χ0n) is 15.5. The van der Waals surface area contributed by atoms with Gasteiger partial charge in [-0.15, -0.1) is 0 Å². The molecule has 0 aromatic heterocycles. The van der Waals surface area contributed by atoms with Crippen molar-refractivity contribution in [2.24, 2.45) is 0 Å². The first kappa shape index (κ1) is 20.4. The maximum atomic E-state index is 12.7. The van der Waals surface area contributed by atoms with Gasteiger partial charge in [-0.1, -0.05) is 12.1 Å². The van der Waals surface area contributed by atoms with Crippen LogP contribution in [0.2, 0.25) is 0 Å². The second kappa shape index (κ2) is 7.75. The number of nitrogens with one attached hydrogen (secondary N) is 1. The maximum Gasteiger partial charge on any atom is 0.271 e. The number of nitrogens with zero attached hydrogens (tertiary/aromatic N) is 2. The second-order valence-electron chi connectivity index (χ2n) is 6.38. The fourth-order valence-corrected chi connectivity index (χ4v) is 4.01. The van der Waals surface area contributed by atoms with Gasteiger partial charge in [0.05, 0.1) is 16.9 Å². The predicted molar refractivity (Wildman–Crippen MR) is 104 cm³/mol. The van der Waals surface area contributed by atoms with Gasteiger partial charge in [0.1, 0.15) is 6.04 Å². The number of aryl methyl sites for hydroxylation is 2. The summed E-state index contributed by atoms with van der Waals surface area (Å²) in [5, 5.41) is 13.7. The summed E-state index contributed by atoms with van der Waals surface area (Å²) in [6.07, 6.45) is 0.951. The standard InChI is InChI=1S/C18H21N3O5S/c1-12-8-13(2)10-15(9-12)19-18(22)14(3)20(27(4,25)26)16-6-5-7-17(11-16)21(23)24/h5-11,14H,1-4H3,(H,19,22)/t14-/m1/s1. The second-order valence-corrected chi connectivity index (χ2v) is 8.24. The number of nitro groups is 1. The van der Waals surface area contributed by atoms with Crippen LogP contribution < -0.4 is 9.62 Å². The van der Waals surface area contributed by atoms with E-state index < -0.39 is 26.9 Å². The third-order valence-corrected chi connectivity index (χ3v) is 5.11. The first-order valence-electron chi connectivity index (χ1n) is 8.12. The zero-order valence-corrected chi connectivity index (χ0v) is 16.3. The highest BCUT2D eigenvalue weighted by Crippen LogP contribution is 2.26. The minimum absolute atomic E-state index is 0.0507. The molecule has 1 N–H and O–H groups in total. The number of benzene rings is 2. The number of amides is 1. The fourth-order valence-electron chi connectivity index (χ4n) is 2.85. The molecule has 144 valence electrons. The lowest BCUT2D eigenvalue weighted by Gasteiger charge is -2.28. The van der Waals surface area contributed by atoms with Crippen LogP contribution in [0.15, 0.2) is 42.5 Å². The van der Waals surface area contributed by atoms with Crippen molar-refractivity contribution in [3.8, 4) is 0 Å². The molecule has 8 nitrogen and oxygen atoms in total. The topological polar surface area (TPSA) is 110 Å². The molecule has 1 atom stereocenters. The van der Waals surface area contributed by atoms with Crippen LogP contribution in [0, 0.1) is 24.0 Å². The molecule has 9 heteroatoms. The normalized spacial score (nSPS) is 12.3. The molecule has 0 heterocycles. The third-order valence-electron chi connectivity index (χ3n) is 3.87. The molecule has 0 saturated carbocycles. The Morgan fingerprint density at radius 2 is 1.74 bits per heavy atom. The van der Waals surface area contributed by atoms with Crippen molar-refractivity contribution < 1.29 is 18.1 Å². The van der Waals surface area contributed by atoms with Gasteiger partial charge < -0.3 is 5.32 Å². The number of nitro benzene ring substituents is 1. The molecule has 0 fully saturated rings. The van der Waals surface area contributed by atoms with Crippen molar-refractivity contribution in [2.75, 3.05) is 15.9 Å². The Labute approximate surface area is 158 Å². The van der Waals surface area contributed by atoms with Gasteiger partial charge in [0, 0.05) is 17.8 Å². The van der Waals surface area contributed by atoms with E-state index in [4.69, 9.17) is 0 Å². The van der Waals surface area contributed by atoms with Gasteiger partial charge >= 0.3 is 0 Å². The highest BCUT2D eigenvalue weighted by atomic mass is 32.2. The van der Waals surface area contributed by atoms with Gasteiger partial charge in [0.25, 0.3) is 5.69 Å². The third kappa shape index (κ3) is 5.04. The minimum Gasteiger partial charge on any atom is -0.324 e. The molecule has 0 unspecified atom stereocenters. The van der Waals surface area contributed by atoms with Crippen molar-refractivity contribution in [3.05, 3.63) is 63.7 Å².